The van der Waals surface area contributed by atoms with Gasteiger partial charge in [-0.05, 0) is 0 Å². The second kappa shape index (κ2) is 5.07. The normalized spacial score (nSPS) is 10.2. The van der Waals surface area contributed by atoms with Gasteiger partial charge in [-0.15, -0.1) is 0 Å². The lowest BCUT2D eigenvalue weighted by Gasteiger charge is -2.03. The van der Waals surface area contributed by atoms with E-state index in [1.54, 1.807) is 18.2 Å². The molecular weight excluding hydrogens is 264 g/mol. The fourth-order valence-electron chi connectivity index (χ4n) is 1.30. The molecule has 0 fully saturated rings. The number of hydrogen-bond donors (Lipinski definition) is 1. The van der Waals surface area contributed by atoms with Crippen molar-refractivity contribution in [3.63, 3.8) is 0 Å². The van der Waals surface area contributed by atoms with Crippen molar-refractivity contribution in [2.45, 2.75) is 6.54 Å². The second-order valence-corrected chi connectivity index (χ2v) is 4.03. The van der Waals surface area contributed by atoms with Gasteiger partial charge >= 0.3 is 0 Å². The first-order valence-corrected chi connectivity index (χ1v) is 5.73. The van der Waals surface area contributed by atoms with Crippen molar-refractivity contribution < 1.29 is 4.92 Å². The molecule has 1 aromatic heterocycles. The lowest BCUT2D eigenvalue weighted by atomic mass is 10.2. The highest BCUT2D eigenvalue weighted by atomic mass is 35.5. The number of rotatable bonds is 4. The van der Waals surface area contributed by atoms with E-state index in [0.29, 0.717) is 11.4 Å². The summed E-state index contributed by atoms with van der Waals surface area (Å²) < 4.78 is 7.71. The Bertz CT molecular complexity index is 545. The standard InChI is InChI=1S/C9H7ClN4O2S/c10-8-9(13-17-12-8)11-5-6-3-1-2-4-7(6)14(15)16/h1-4H,5H2,(H,11,13). The highest BCUT2D eigenvalue weighted by molar-refractivity contribution is 6.99. The molecule has 1 N–H and O–H groups in total. The Hall–Kier alpha value is -1.73. The molecule has 0 radical (unpaired) electrons. The first-order chi connectivity index (χ1) is 8.18. The third kappa shape index (κ3) is 2.69. The monoisotopic (exact) mass is 270 g/mol. The van der Waals surface area contributed by atoms with E-state index in [1.807, 2.05) is 0 Å². The summed E-state index contributed by atoms with van der Waals surface area (Å²) in [6.07, 6.45) is 0. The summed E-state index contributed by atoms with van der Waals surface area (Å²) in [7, 11) is 0. The van der Waals surface area contributed by atoms with E-state index in [4.69, 9.17) is 11.6 Å². The molecule has 0 atom stereocenters. The molecule has 0 unspecified atom stereocenters. The van der Waals surface area contributed by atoms with E-state index in [1.165, 1.54) is 6.07 Å². The number of nitro benzene ring substituents is 1. The van der Waals surface area contributed by atoms with Crippen LogP contribution in [0.1, 0.15) is 5.56 Å². The van der Waals surface area contributed by atoms with Crippen molar-refractivity contribution >= 4 is 34.8 Å². The summed E-state index contributed by atoms with van der Waals surface area (Å²) in [4.78, 5) is 10.4. The average molecular weight is 271 g/mol. The fraction of sp³-hybridized carbons (Fsp3) is 0.111. The molecule has 0 saturated carbocycles. The predicted octanol–water partition coefficient (Wildman–Crippen LogP) is 2.71. The van der Waals surface area contributed by atoms with Gasteiger partial charge in [-0.1, -0.05) is 29.8 Å². The van der Waals surface area contributed by atoms with Gasteiger partial charge in [-0.25, -0.2) is 0 Å². The Kier molecular flexibility index (Phi) is 3.50. The quantitative estimate of drug-likeness (QED) is 0.682. The molecule has 2 rings (SSSR count). The zero-order valence-corrected chi connectivity index (χ0v) is 10.0. The number of para-hydroxylation sites is 1. The van der Waals surface area contributed by atoms with Crippen molar-refractivity contribution in [3.8, 4) is 0 Å². The Morgan fingerprint density at radius 2 is 2.18 bits per heavy atom. The molecule has 1 aromatic carbocycles. The van der Waals surface area contributed by atoms with Crippen LogP contribution < -0.4 is 5.32 Å². The fourth-order valence-corrected chi connectivity index (χ4v) is 1.98. The maximum absolute atomic E-state index is 10.8. The Morgan fingerprint density at radius 3 is 2.82 bits per heavy atom. The number of halogens is 1. The number of anilines is 1. The van der Waals surface area contributed by atoms with Crippen molar-refractivity contribution in [3.05, 3.63) is 45.1 Å². The summed E-state index contributed by atoms with van der Waals surface area (Å²) in [6, 6.07) is 6.50. The van der Waals surface area contributed by atoms with Crippen LogP contribution in [0, 0.1) is 10.1 Å². The van der Waals surface area contributed by atoms with Crippen LogP contribution in [0.25, 0.3) is 0 Å². The molecule has 17 heavy (non-hydrogen) atoms. The molecule has 8 heteroatoms. The van der Waals surface area contributed by atoms with Crippen LogP contribution in [-0.2, 0) is 6.54 Å². The number of aromatic nitrogens is 2. The average Bonchev–Trinajstić information content (AvgIpc) is 2.72. The number of hydrogen-bond acceptors (Lipinski definition) is 6. The summed E-state index contributed by atoms with van der Waals surface area (Å²) in [6.45, 7) is 0.280. The molecule has 2 aromatic rings. The summed E-state index contributed by atoms with van der Waals surface area (Å²) >= 11 is 6.73. The Balaban J connectivity index is 2.14. The van der Waals surface area contributed by atoms with Gasteiger partial charge in [0.05, 0.1) is 16.7 Å². The molecule has 1 heterocycles. The van der Waals surface area contributed by atoms with Crippen LogP contribution in [0.4, 0.5) is 11.5 Å². The number of nitrogens with one attached hydrogen (secondary N) is 1. The second-order valence-electron chi connectivity index (χ2n) is 3.14. The molecule has 0 spiro atoms. The smallest absolute Gasteiger partial charge is 0.274 e. The molecule has 6 nitrogen and oxygen atoms in total. The first-order valence-electron chi connectivity index (χ1n) is 4.62. The van der Waals surface area contributed by atoms with Crippen molar-refractivity contribution in [2.24, 2.45) is 0 Å². The maximum Gasteiger partial charge on any atom is 0.274 e. The molecule has 0 amide bonds. The maximum atomic E-state index is 10.8. The van der Waals surface area contributed by atoms with Crippen LogP contribution in [0.3, 0.4) is 0 Å². The summed E-state index contributed by atoms with van der Waals surface area (Å²) in [5.74, 6) is 0.440. The largest absolute Gasteiger partial charge is 0.362 e. The minimum atomic E-state index is -0.419. The lowest BCUT2D eigenvalue weighted by Crippen LogP contribution is -2.03. The van der Waals surface area contributed by atoms with Gasteiger partial charge in [0.15, 0.2) is 11.0 Å². The molecule has 0 bridgehead atoms. The van der Waals surface area contributed by atoms with Gasteiger partial charge in [0, 0.05) is 18.2 Å². The van der Waals surface area contributed by atoms with Crippen molar-refractivity contribution in [1.82, 2.24) is 8.75 Å². The van der Waals surface area contributed by atoms with E-state index in [0.717, 1.165) is 11.7 Å². The van der Waals surface area contributed by atoms with Gasteiger partial charge in [-0.3, -0.25) is 10.1 Å². The van der Waals surface area contributed by atoms with Gasteiger partial charge in [0.2, 0.25) is 0 Å². The molecule has 0 aliphatic rings. The van der Waals surface area contributed by atoms with Crippen LogP contribution in [0.5, 0.6) is 0 Å². The van der Waals surface area contributed by atoms with Gasteiger partial charge in [-0.2, -0.15) is 8.75 Å². The number of nitrogens with zero attached hydrogens (tertiary/aromatic N) is 3. The SMILES string of the molecule is O=[N+]([O-])c1ccccc1CNc1nsnc1Cl. The minimum Gasteiger partial charge on any atom is -0.362 e. The molecule has 0 aliphatic carbocycles. The number of nitro groups is 1. The lowest BCUT2D eigenvalue weighted by molar-refractivity contribution is -0.385. The highest BCUT2D eigenvalue weighted by Crippen LogP contribution is 2.22. The molecular formula is C9H7ClN4O2S. The summed E-state index contributed by atoms with van der Waals surface area (Å²) in [5, 5.41) is 14.0. The van der Waals surface area contributed by atoms with E-state index in [9.17, 15) is 10.1 Å². The summed E-state index contributed by atoms with van der Waals surface area (Å²) in [5.41, 5.74) is 0.640. The van der Waals surface area contributed by atoms with E-state index >= 15 is 0 Å². The zero-order valence-electron chi connectivity index (χ0n) is 8.46. The van der Waals surface area contributed by atoms with Gasteiger partial charge < -0.3 is 5.32 Å². The van der Waals surface area contributed by atoms with E-state index < -0.39 is 4.92 Å². The number of benzene rings is 1. The van der Waals surface area contributed by atoms with E-state index in [2.05, 4.69) is 14.1 Å². The molecule has 88 valence electrons. The Labute approximate surface area is 106 Å². The highest BCUT2D eigenvalue weighted by Gasteiger charge is 2.13. The van der Waals surface area contributed by atoms with E-state index in [-0.39, 0.29) is 17.4 Å². The predicted molar refractivity (Wildman–Crippen MR) is 65.3 cm³/mol. The third-order valence-corrected chi connectivity index (χ3v) is 2.98. The first kappa shape index (κ1) is 11.7. The van der Waals surface area contributed by atoms with Gasteiger partial charge in [0.25, 0.3) is 5.69 Å². The topological polar surface area (TPSA) is 81.0 Å². The van der Waals surface area contributed by atoms with Crippen LogP contribution in [-0.4, -0.2) is 13.7 Å². The third-order valence-electron chi connectivity index (χ3n) is 2.08. The Morgan fingerprint density at radius 1 is 1.41 bits per heavy atom. The van der Waals surface area contributed by atoms with Gasteiger partial charge in [0.1, 0.15) is 0 Å². The van der Waals surface area contributed by atoms with Crippen LogP contribution in [0.2, 0.25) is 5.15 Å². The van der Waals surface area contributed by atoms with Crippen molar-refractivity contribution in [2.75, 3.05) is 5.32 Å². The van der Waals surface area contributed by atoms with Crippen LogP contribution >= 0.6 is 23.3 Å². The van der Waals surface area contributed by atoms with Crippen LogP contribution in [0.15, 0.2) is 24.3 Å². The minimum absolute atomic E-state index is 0.0688. The molecule has 0 saturated heterocycles. The molecule has 0 aliphatic heterocycles. The van der Waals surface area contributed by atoms with Crippen molar-refractivity contribution in [1.29, 1.82) is 0 Å². The zero-order chi connectivity index (χ0) is 12.3.